The van der Waals surface area contributed by atoms with E-state index in [1.165, 1.54) is 6.42 Å². The summed E-state index contributed by atoms with van der Waals surface area (Å²) < 4.78 is 1.86. The van der Waals surface area contributed by atoms with Crippen LogP contribution in [-0.4, -0.2) is 15.7 Å². The molecule has 98 valence electrons. The van der Waals surface area contributed by atoms with Gasteiger partial charge < -0.3 is 5.32 Å². The molecular weight excluding hydrogens is 238 g/mol. The molecule has 4 nitrogen and oxygen atoms in total. The number of carbonyl (C=O) groups excluding carboxylic acids is 1. The molecule has 4 heteroatoms. The molecular formula is C15H17N3O. The Labute approximate surface area is 112 Å². The van der Waals surface area contributed by atoms with Crippen LogP contribution in [0.4, 0.5) is 5.69 Å². The molecule has 1 saturated carbocycles. The van der Waals surface area contributed by atoms with Gasteiger partial charge >= 0.3 is 0 Å². The van der Waals surface area contributed by atoms with Gasteiger partial charge in [0.2, 0.25) is 5.91 Å². The number of hydrogen-bond acceptors (Lipinski definition) is 2. The third kappa shape index (κ3) is 2.67. The highest BCUT2D eigenvalue weighted by molar-refractivity contribution is 5.93. The summed E-state index contributed by atoms with van der Waals surface area (Å²) in [4.78, 5) is 12.0. The Bertz CT molecular complexity index is 559. The Morgan fingerprint density at radius 3 is 2.84 bits per heavy atom. The maximum absolute atomic E-state index is 12.0. The second kappa shape index (κ2) is 5.26. The third-order valence-electron chi connectivity index (χ3n) is 3.64. The Balaban J connectivity index is 1.75. The molecule has 1 aromatic heterocycles. The van der Waals surface area contributed by atoms with E-state index in [4.69, 9.17) is 0 Å². The summed E-state index contributed by atoms with van der Waals surface area (Å²) in [5.74, 6) is 0.358. The minimum Gasteiger partial charge on any atom is -0.326 e. The molecule has 1 aliphatic rings. The van der Waals surface area contributed by atoms with Crippen molar-refractivity contribution in [2.75, 3.05) is 5.32 Å². The molecule has 19 heavy (non-hydrogen) atoms. The largest absolute Gasteiger partial charge is 0.326 e. The summed E-state index contributed by atoms with van der Waals surface area (Å²) in [6.07, 6.45) is 6.90. The molecule has 1 heterocycles. The summed E-state index contributed by atoms with van der Waals surface area (Å²) in [6.45, 7) is 0.675. The number of hydrogen-bond donors (Lipinski definition) is 1. The first-order valence-electron chi connectivity index (χ1n) is 6.69. The molecule has 1 aromatic carbocycles. The fraction of sp³-hybridized carbons (Fsp3) is 0.333. The molecule has 1 N–H and O–H groups in total. The highest BCUT2D eigenvalue weighted by atomic mass is 16.1. The molecule has 0 bridgehead atoms. The average molecular weight is 255 g/mol. The zero-order valence-corrected chi connectivity index (χ0v) is 10.7. The van der Waals surface area contributed by atoms with E-state index in [0.717, 1.165) is 24.1 Å². The highest BCUT2D eigenvalue weighted by Crippen LogP contribution is 2.28. The van der Waals surface area contributed by atoms with Crippen molar-refractivity contribution in [3.8, 4) is 0 Å². The van der Waals surface area contributed by atoms with Crippen LogP contribution in [0.15, 0.2) is 42.7 Å². The van der Waals surface area contributed by atoms with Crippen molar-refractivity contribution < 1.29 is 4.79 Å². The molecule has 1 fully saturated rings. The average Bonchev–Trinajstić information content (AvgIpc) is 2.82. The molecule has 0 spiro atoms. The van der Waals surface area contributed by atoms with Crippen LogP contribution in [-0.2, 0) is 11.3 Å². The maximum atomic E-state index is 12.0. The van der Waals surface area contributed by atoms with Gasteiger partial charge in [0.05, 0.1) is 6.54 Å². The van der Waals surface area contributed by atoms with Gasteiger partial charge in [-0.05, 0) is 30.5 Å². The van der Waals surface area contributed by atoms with E-state index in [1.807, 2.05) is 41.2 Å². The smallest absolute Gasteiger partial charge is 0.227 e. The SMILES string of the molecule is O=C(Nc1ccccc1Cn1cccn1)C1CCC1. The van der Waals surface area contributed by atoms with Crippen LogP contribution in [0.2, 0.25) is 0 Å². The lowest BCUT2D eigenvalue weighted by molar-refractivity contribution is -0.122. The van der Waals surface area contributed by atoms with E-state index in [9.17, 15) is 4.79 Å². The van der Waals surface area contributed by atoms with Crippen LogP contribution < -0.4 is 5.32 Å². The summed E-state index contributed by atoms with van der Waals surface area (Å²) in [6, 6.07) is 9.81. The Kier molecular flexibility index (Phi) is 3.31. The Morgan fingerprint density at radius 1 is 1.32 bits per heavy atom. The fourth-order valence-electron chi connectivity index (χ4n) is 2.25. The van der Waals surface area contributed by atoms with Crippen molar-refractivity contribution in [3.05, 3.63) is 48.3 Å². The van der Waals surface area contributed by atoms with Gasteiger partial charge in [-0.25, -0.2) is 0 Å². The van der Waals surface area contributed by atoms with Gasteiger partial charge in [0.25, 0.3) is 0 Å². The lowest BCUT2D eigenvalue weighted by Crippen LogP contribution is -2.28. The van der Waals surface area contributed by atoms with Gasteiger partial charge in [0.15, 0.2) is 0 Å². The molecule has 2 aromatic rings. The number of aromatic nitrogens is 2. The summed E-state index contributed by atoms with van der Waals surface area (Å²) in [5, 5.41) is 7.24. The van der Waals surface area contributed by atoms with Crippen LogP contribution in [0.25, 0.3) is 0 Å². The van der Waals surface area contributed by atoms with Crippen molar-refractivity contribution >= 4 is 11.6 Å². The minimum absolute atomic E-state index is 0.152. The molecule has 0 unspecified atom stereocenters. The normalized spacial score (nSPS) is 14.9. The van der Waals surface area contributed by atoms with E-state index < -0.39 is 0 Å². The summed E-state index contributed by atoms with van der Waals surface area (Å²) in [5.41, 5.74) is 1.98. The first-order valence-corrected chi connectivity index (χ1v) is 6.69. The number of rotatable bonds is 4. The molecule has 1 amide bonds. The quantitative estimate of drug-likeness (QED) is 0.913. The van der Waals surface area contributed by atoms with E-state index in [0.29, 0.717) is 6.54 Å². The molecule has 1 aliphatic carbocycles. The lowest BCUT2D eigenvalue weighted by atomic mass is 9.85. The zero-order valence-electron chi connectivity index (χ0n) is 10.7. The van der Waals surface area contributed by atoms with Gasteiger partial charge in [0, 0.05) is 24.0 Å². The Hall–Kier alpha value is -2.10. The number of para-hydroxylation sites is 1. The lowest BCUT2D eigenvalue weighted by Gasteiger charge is -2.24. The van der Waals surface area contributed by atoms with Gasteiger partial charge in [-0.1, -0.05) is 24.6 Å². The van der Waals surface area contributed by atoms with Crippen molar-refractivity contribution in [3.63, 3.8) is 0 Å². The van der Waals surface area contributed by atoms with Gasteiger partial charge in [-0.15, -0.1) is 0 Å². The topological polar surface area (TPSA) is 46.9 Å². The van der Waals surface area contributed by atoms with Crippen LogP contribution in [0.3, 0.4) is 0 Å². The van der Waals surface area contributed by atoms with Gasteiger partial charge in [-0.2, -0.15) is 5.10 Å². The highest BCUT2D eigenvalue weighted by Gasteiger charge is 2.25. The second-order valence-electron chi connectivity index (χ2n) is 4.98. The van der Waals surface area contributed by atoms with Crippen LogP contribution >= 0.6 is 0 Å². The molecule has 0 radical (unpaired) electrons. The standard InChI is InChI=1S/C15H17N3O/c19-15(12-6-3-7-12)17-14-8-2-1-5-13(14)11-18-10-4-9-16-18/h1-2,4-5,8-10,12H,3,6-7,11H2,(H,17,19). The van der Waals surface area contributed by atoms with Crippen LogP contribution in [0, 0.1) is 5.92 Å². The van der Waals surface area contributed by atoms with Gasteiger partial charge in [0.1, 0.15) is 0 Å². The molecule has 0 atom stereocenters. The number of nitrogens with one attached hydrogen (secondary N) is 1. The van der Waals surface area contributed by atoms with E-state index >= 15 is 0 Å². The minimum atomic E-state index is 0.152. The maximum Gasteiger partial charge on any atom is 0.227 e. The second-order valence-corrected chi connectivity index (χ2v) is 4.98. The monoisotopic (exact) mass is 255 g/mol. The number of amides is 1. The van der Waals surface area contributed by atoms with Crippen molar-refractivity contribution in [2.45, 2.75) is 25.8 Å². The predicted octanol–water partition coefficient (Wildman–Crippen LogP) is 2.67. The van der Waals surface area contributed by atoms with E-state index in [-0.39, 0.29) is 11.8 Å². The fourth-order valence-corrected chi connectivity index (χ4v) is 2.25. The number of carbonyl (C=O) groups is 1. The van der Waals surface area contributed by atoms with Crippen LogP contribution in [0.5, 0.6) is 0 Å². The number of nitrogens with zero attached hydrogens (tertiary/aromatic N) is 2. The molecule has 3 rings (SSSR count). The summed E-state index contributed by atoms with van der Waals surface area (Å²) in [7, 11) is 0. The molecule has 0 saturated heterocycles. The van der Waals surface area contributed by atoms with E-state index in [2.05, 4.69) is 10.4 Å². The van der Waals surface area contributed by atoms with E-state index in [1.54, 1.807) is 6.20 Å². The number of anilines is 1. The van der Waals surface area contributed by atoms with Crippen molar-refractivity contribution in [1.82, 2.24) is 9.78 Å². The zero-order chi connectivity index (χ0) is 13.1. The first-order chi connectivity index (χ1) is 9.33. The van der Waals surface area contributed by atoms with Crippen molar-refractivity contribution in [2.24, 2.45) is 5.92 Å². The van der Waals surface area contributed by atoms with Gasteiger partial charge in [-0.3, -0.25) is 9.48 Å². The predicted molar refractivity (Wildman–Crippen MR) is 73.7 cm³/mol. The first kappa shape index (κ1) is 12.0. The Morgan fingerprint density at radius 2 is 2.16 bits per heavy atom. The summed E-state index contributed by atoms with van der Waals surface area (Å²) >= 11 is 0. The third-order valence-corrected chi connectivity index (χ3v) is 3.64. The number of benzene rings is 1. The van der Waals surface area contributed by atoms with Crippen LogP contribution in [0.1, 0.15) is 24.8 Å². The van der Waals surface area contributed by atoms with Crippen molar-refractivity contribution in [1.29, 1.82) is 0 Å². The molecule has 0 aliphatic heterocycles.